The molecule has 2 rings (SSSR count). The third-order valence-electron chi connectivity index (χ3n) is 5.40. The van der Waals surface area contributed by atoms with Crippen molar-refractivity contribution in [2.75, 3.05) is 26.2 Å². The van der Waals surface area contributed by atoms with Crippen LogP contribution in [-0.4, -0.2) is 37.1 Å². The lowest BCUT2D eigenvalue weighted by Crippen LogP contribution is -2.47. The summed E-state index contributed by atoms with van der Waals surface area (Å²) in [6, 6.07) is 0.918. The van der Waals surface area contributed by atoms with E-state index in [9.17, 15) is 0 Å². The van der Waals surface area contributed by atoms with E-state index in [1.807, 2.05) is 0 Å². The minimum Gasteiger partial charge on any atom is -0.316 e. The van der Waals surface area contributed by atoms with E-state index in [1.165, 1.54) is 64.7 Å². The van der Waals surface area contributed by atoms with Crippen LogP contribution in [0.2, 0.25) is 0 Å². The van der Waals surface area contributed by atoms with Gasteiger partial charge in [-0.2, -0.15) is 0 Å². The second-order valence-corrected chi connectivity index (χ2v) is 8.00. The summed E-state index contributed by atoms with van der Waals surface area (Å²) in [4.78, 5) is 2.77. The SMILES string of the molecule is CCN(CC1(CNCC(C)C)CCC(C)CC1)C1CC1. The van der Waals surface area contributed by atoms with Gasteiger partial charge in [-0.05, 0) is 56.0 Å². The molecular weight excluding hydrogens is 244 g/mol. The first kappa shape index (κ1) is 16.3. The molecule has 0 atom stereocenters. The predicted molar refractivity (Wildman–Crippen MR) is 88.0 cm³/mol. The Morgan fingerprint density at radius 1 is 1.15 bits per heavy atom. The monoisotopic (exact) mass is 280 g/mol. The van der Waals surface area contributed by atoms with Crippen LogP contribution in [0.15, 0.2) is 0 Å². The van der Waals surface area contributed by atoms with E-state index in [2.05, 4.69) is 37.9 Å². The van der Waals surface area contributed by atoms with E-state index in [-0.39, 0.29) is 0 Å². The Balaban J connectivity index is 1.91. The molecule has 1 N–H and O–H groups in total. The van der Waals surface area contributed by atoms with Gasteiger partial charge < -0.3 is 10.2 Å². The maximum Gasteiger partial charge on any atom is 0.00965 e. The average molecular weight is 280 g/mol. The van der Waals surface area contributed by atoms with Crippen LogP contribution < -0.4 is 5.32 Å². The van der Waals surface area contributed by atoms with Crippen molar-refractivity contribution in [3.05, 3.63) is 0 Å². The highest BCUT2D eigenvalue weighted by Crippen LogP contribution is 2.41. The van der Waals surface area contributed by atoms with Crippen LogP contribution in [0.5, 0.6) is 0 Å². The number of hydrogen-bond donors (Lipinski definition) is 1. The molecule has 2 nitrogen and oxygen atoms in total. The minimum absolute atomic E-state index is 0.556. The molecule has 0 spiro atoms. The Hall–Kier alpha value is -0.0800. The fourth-order valence-electron chi connectivity index (χ4n) is 3.76. The molecule has 20 heavy (non-hydrogen) atoms. The van der Waals surface area contributed by atoms with Gasteiger partial charge in [0.05, 0.1) is 0 Å². The summed E-state index contributed by atoms with van der Waals surface area (Å²) in [5.41, 5.74) is 0.556. The van der Waals surface area contributed by atoms with Crippen molar-refractivity contribution < 1.29 is 0 Å². The number of nitrogens with zero attached hydrogens (tertiary/aromatic N) is 1. The summed E-state index contributed by atoms with van der Waals surface area (Å²) in [7, 11) is 0. The average Bonchev–Trinajstić information content (AvgIpc) is 3.23. The smallest absolute Gasteiger partial charge is 0.00965 e. The summed E-state index contributed by atoms with van der Waals surface area (Å²) >= 11 is 0. The van der Waals surface area contributed by atoms with Crippen molar-refractivity contribution in [1.29, 1.82) is 0 Å². The van der Waals surface area contributed by atoms with Gasteiger partial charge in [0.25, 0.3) is 0 Å². The summed E-state index contributed by atoms with van der Waals surface area (Å²) in [5, 5.41) is 3.77. The van der Waals surface area contributed by atoms with Crippen molar-refractivity contribution in [2.24, 2.45) is 17.3 Å². The lowest BCUT2D eigenvalue weighted by atomic mass is 9.70. The maximum atomic E-state index is 3.77. The van der Waals surface area contributed by atoms with Crippen LogP contribution >= 0.6 is 0 Å². The minimum atomic E-state index is 0.556. The molecular formula is C18H36N2. The Labute approximate surface area is 126 Å². The van der Waals surface area contributed by atoms with Gasteiger partial charge in [-0.3, -0.25) is 0 Å². The molecule has 0 amide bonds. The van der Waals surface area contributed by atoms with E-state index < -0.39 is 0 Å². The maximum absolute atomic E-state index is 3.77. The Morgan fingerprint density at radius 2 is 1.80 bits per heavy atom. The number of rotatable bonds is 8. The first-order valence-corrected chi connectivity index (χ1v) is 8.99. The van der Waals surface area contributed by atoms with E-state index in [4.69, 9.17) is 0 Å². The van der Waals surface area contributed by atoms with E-state index >= 15 is 0 Å². The molecule has 2 aliphatic carbocycles. The summed E-state index contributed by atoms with van der Waals surface area (Å²) in [5.74, 6) is 1.71. The Bertz CT molecular complexity index is 275. The molecule has 0 aromatic rings. The van der Waals surface area contributed by atoms with Gasteiger partial charge in [0.15, 0.2) is 0 Å². The lowest BCUT2D eigenvalue weighted by molar-refractivity contribution is 0.0843. The van der Waals surface area contributed by atoms with Crippen LogP contribution in [0.1, 0.15) is 66.2 Å². The molecule has 2 saturated carbocycles. The van der Waals surface area contributed by atoms with E-state index in [0.29, 0.717) is 5.41 Å². The highest BCUT2D eigenvalue weighted by molar-refractivity contribution is 4.93. The van der Waals surface area contributed by atoms with Gasteiger partial charge in [0.2, 0.25) is 0 Å². The molecule has 118 valence electrons. The lowest BCUT2D eigenvalue weighted by Gasteiger charge is -2.43. The predicted octanol–water partition coefficient (Wildman–Crippen LogP) is 3.91. The Kier molecular flexibility index (Phi) is 5.92. The van der Waals surface area contributed by atoms with Crippen molar-refractivity contribution >= 4 is 0 Å². The normalized spacial score (nSPS) is 31.2. The van der Waals surface area contributed by atoms with Crippen LogP contribution in [0.4, 0.5) is 0 Å². The van der Waals surface area contributed by atoms with Gasteiger partial charge in [-0.1, -0.05) is 40.5 Å². The van der Waals surface area contributed by atoms with Crippen molar-refractivity contribution in [1.82, 2.24) is 10.2 Å². The second-order valence-electron chi connectivity index (χ2n) is 8.00. The Morgan fingerprint density at radius 3 is 2.30 bits per heavy atom. The van der Waals surface area contributed by atoms with Crippen LogP contribution in [0.25, 0.3) is 0 Å². The zero-order valence-electron chi connectivity index (χ0n) is 14.3. The van der Waals surface area contributed by atoms with Crippen molar-refractivity contribution in [3.8, 4) is 0 Å². The molecule has 0 saturated heterocycles. The zero-order chi connectivity index (χ0) is 14.6. The van der Waals surface area contributed by atoms with Crippen LogP contribution in [0.3, 0.4) is 0 Å². The summed E-state index contributed by atoms with van der Waals surface area (Å²) in [6.45, 7) is 14.4. The molecule has 0 radical (unpaired) electrons. The molecule has 0 heterocycles. The van der Waals surface area contributed by atoms with Gasteiger partial charge in [-0.15, -0.1) is 0 Å². The number of hydrogen-bond acceptors (Lipinski definition) is 2. The van der Waals surface area contributed by atoms with Crippen LogP contribution in [-0.2, 0) is 0 Å². The van der Waals surface area contributed by atoms with Gasteiger partial charge in [-0.25, -0.2) is 0 Å². The third kappa shape index (κ3) is 4.73. The van der Waals surface area contributed by atoms with Crippen LogP contribution in [0, 0.1) is 17.3 Å². The fraction of sp³-hybridized carbons (Fsp3) is 1.00. The van der Waals surface area contributed by atoms with Crippen molar-refractivity contribution in [2.45, 2.75) is 72.3 Å². The topological polar surface area (TPSA) is 15.3 Å². The fourth-order valence-corrected chi connectivity index (χ4v) is 3.76. The van der Waals surface area contributed by atoms with Crippen molar-refractivity contribution in [3.63, 3.8) is 0 Å². The molecule has 0 bridgehead atoms. The summed E-state index contributed by atoms with van der Waals surface area (Å²) < 4.78 is 0. The summed E-state index contributed by atoms with van der Waals surface area (Å²) in [6.07, 6.45) is 8.63. The van der Waals surface area contributed by atoms with E-state index in [0.717, 1.165) is 17.9 Å². The molecule has 0 aromatic carbocycles. The van der Waals surface area contributed by atoms with Gasteiger partial charge in [0, 0.05) is 19.1 Å². The third-order valence-corrected chi connectivity index (χ3v) is 5.40. The first-order valence-electron chi connectivity index (χ1n) is 8.99. The molecule has 2 aliphatic rings. The number of nitrogens with one attached hydrogen (secondary N) is 1. The highest BCUT2D eigenvalue weighted by Gasteiger charge is 2.38. The second kappa shape index (κ2) is 7.26. The highest BCUT2D eigenvalue weighted by atomic mass is 15.2. The standard InChI is InChI=1S/C18H36N2/c1-5-20(17-6-7-17)14-18(13-19-12-15(2)3)10-8-16(4)9-11-18/h15-17,19H,5-14H2,1-4H3. The molecule has 0 aromatic heterocycles. The largest absolute Gasteiger partial charge is 0.316 e. The zero-order valence-corrected chi connectivity index (χ0v) is 14.3. The van der Waals surface area contributed by atoms with Gasteiger partial charge >= 0.3 is 0 Å². The first-order chi connectivity index (χ1) is 9.54. The molecule has 2 heteroatoms. The van der Waals surface area contributed by atoms with Gasteiger partial charge in [0.1, 0.15) is 0 Å². The molecule has 0 unspecified atom stereocenters. The molecule has 2 fully saturated rings. The van der Waals surface area contributed by atoms with E-state index in [1.54, 1.807) is 0 Å². The molecule has 0 aliphatic heterocycles. The quantitative estimate of drug-likeness (QED) is 0.725.